The number of carbonyl (C=O) groups excluding carboxylic acids is 2. The number of hydrogen-bond donors (Lipinski definition) is 2. The maximum Gasteiger partial charge on any atom is 0.257 e. The van der Waals surface area contributed by atoms with Crippen molar-refractivity contribution < 1.29 is 9.59 Å². The molecule has 1 aromatic heterocycles. The number of primary amides is 1. The molecule has 0 aliphatic carbocycles. The van der Waals surface area contributed by atoms with Crippen molar-refractivity contribution in [3.8, 4) is 0 Å². The van der Waals surface area contributed by atoms with Crippen LogP contribution in [-0.2, 0) is 11.3 Å². The van der Waals surface area contributed by atoms with Crippen molar-refractivity contribution in [3.05, 3.63) is 17.5 Å². The number of rotatable bonds is 9. The maximum absolute atomic E-state index is 12.5. The first kappa shape index (κ1) is 17.2. The van der Waals surface area contributed by atoms with Crippen LogP contribution < -0.4 is 11.5 Å². The fourth-order valence-corrected chi connectivity index (χ4v) is 2.08. The van der Waals surface area contributed by atoms with E-state index in [0.717, 1.165) is 25.0 Å². The van der Waals surface area contributed by atoms with Gasteiger partial charge in [0.1, 0.15) is 0 Å². The topological polar surface area (TPSA) is 107 Å². The molecule has 0 atom stereocenters. The molecule has 0 bridgehead atoms. The van der Waals surface area contributed by atoms with Gasteiger partial charge in [-0.2, -0.15) is 5.10 Å². The molecule has 0 saturated carbocycles. The van der Waals surface area contributed by atoms with Crippen LogP contribution in [0.5, 0.6) is 0 Å². The summed E-state index contributed by atoms with van der Waals surface area (Å²) in [4.78, 5) is 25.2. The fourth-order valence-electron chi connectivity index (χ4n) is 2.08. The minimum Gasteiger partial charge on any atom is -0.368 e. The third kappa shape index (κ3) is 4.86. The van der Waals surface area contributed by atoms with E-state index >= 15 is 0 Å². The number of amides is 2. The van der Waals surface area contributed by atoms with E-state index in [-0.39, 0.29) is 12.5 Å². The molecule has 0 unspecified atom stereocenters. The first-order chi connectivity index (χ1) is 10.0. The molecule has 1 aromatic rings. The summed E-state index contributed by atoms with van der Waals surface area (Å²) in [5.41, 5.74) is 12.0. The minimum atomic E-state index is -0.507. The van der Waals surface area contributed by atoms with Crippen LogP contribution in [0.2, 0.25) is 0 Å². The van der Waals surface area contributed by atoms with E-state index in [2.05, 4.69) is 5.10 Å². The highest BCUT2D eigenvalue weighted by Gasteiger charge is 2.21. The summed E-state index contributed by atoms with van der Waals surface area (Å²) >= 11 is 0. The first-order valence-electron chi connectivity index (χ1n) is 7.31. The number of nitrogens with two attached hydrogens (primary N) is 2. The largest absolute Gasteiger partial charge is 0.368 e. The predicted molar refractivity (Wildman–Crippen MR) is 80.6 cm³/mol. The molecule has 118 valence electrons. The zero-order valence-corrected chi connectivity index (χ0v) is 12.8. The Bertz CT molecular complexity index is 484. The predicted octanol–water partition coefficient (Wildman–Crippen LogP) is 0.268. The Morgan fingerprint density at radius 2 is 2.10 bits per heavy atom. The second-order valence-electron chi connectivity index (χ2n) is 5.06. The molecule has 0 saturated heterocycles. The molecule has 0 fully saturated rings. The van der Waals surface area contributed by atoms with Crippen LogP contribution in [0.15, 0.2) is 6.20 Å². The van der Waals surface area contributed by atoms with E-state index in [9.17, 15) is 9.59 Å². The van der Waals surface area contributed by atoms with Crippen LogP contribution in [-0.4, -0.2) is 46.1 Å². The van der Waals surface area contributed by atoms with Crippen molar-refractivity contribution in [2.24, 2.45) is 11.5 Å². The van der Waals surface area contributed by atoms with Crippen LogP contribution in [0, 0.1) is 6.92 Å². The lowest BCUT2D eigenvalue weighted by molar-refractivity contribution is -0.118. The Labute approximate surface area is 125 Å². The lowest BCUT2D eigenvalue weighted by atomic mass is 10.2. The van der Waals surface area contributed by atoms with Crippen molar-refractivity contribution in [3.63, 3.8) is 0 Å². The smallest absolute Gasteiger partial charge is 0.257 e. The Morgan fingerprint density at radius 1 is 1.38 bits per heavy atom. The number of aromatic nitrogens is 2. The molecule has 0 aliphatic rings. The molecular weight excluding hydrogens is 270 g/mol. The monoisotopic (exact) mass is 295 g/mol. The lowest BCUT2D eigenvalue weighted by Gasteiger charge is -2.20. The van der Waals surface area contributed by atoms with Gasteiger partial charge >= 0.3 is 0 Å². The van der Waals surface area contributed by atoms with E-state index < -0.39 is 5.91 Å². The standard InChI is InChI=1S/C14H25N5O2/c1-3-4-7-18(10-13(16)20)14(21)12-9-17-19(11(12)2)8-5-6-15/h9H,3-8,10,15H2,1-2H3,(H2,16,20). The van der Waals surface area contributed by atoms with Gasteiger partial charge in [0.15, 0.2) is 0 Å². The van der Waals surface area contributed by atoms with Crippen LogP contribution in [0.1, 0.15) is 42.2 Å². The Morgan fingerprint density at radius 3 is 2.67 bits per heavy atom. The van der Waals surface area contributed by atoms with E-state index in [1.54, 1.807) is 10.9 Å². The summed E-state index contributed by atoms with van der Waals surface area (Å²) in [6, 6.07) is 0. The molecular formula is C14H25N5O2. The Hall–Kier alpha value is -1.89. The van der Waals surface area contributed by atoms with Gasteiger partial charge in [0.2, 0.25) is 5.91 Å². The third-order valence-electron chi connectivity index (χ3n) is 3.32. The zero-order valence-electron chi connectivity index (χ0n) is 12.8. The molecule has 7 heteroatoms. The summed E-state index contributed by atoms with van der Waals surface area (Å²) in [5.74, 6) is -0.702. The molecule has 0 spiro atoms. The molecule has 0 aliphatic heterocycles. The van der Waals surface area contributed by atoms with Gasteiger partial charge in [0.05, 0.1) is 18.3 Å². The van der Waals surface area contributed by atoms with E-state index in [0.29, 0.717) is 25.2 Å². The van der Waals surface area contributed by atoms with Crippen LogP contribution in [0.4, 0.5) is 0 Å². The molecule has 2 amide bonds. The highest BCUT2D eigenvalue weighted by Crippen LogP contribution is 2.12. The third-order valence-corrected chi connectivity index (χ3v) is 3.32. The normalized spacial score (nSPS) is 10.6. The van der Waals surface area contributed by atoms with Crippen LogP contribution in [0.25, 0.3) is 0 Å². The van der Waals surface area contributed by atoms with E-state index in [1.807, 2.05) is 13.8 Å². The molecule has 0 aromatic carbocycles. The average molecular weight is 295 g/mol. The summed E-state index contributed by atoms with van der Waals surface area (Å²) < 4.78 is 1.77. The highest BCUT2D eigenvalue weighted by atomic mass is 16.2. The summed E-state index contributed by atoms with van der Waals surface area (Å²) in [7, 11) is 0. The molecule has 4 N–H and O–H groups in total. The molecule has 0 radical (unpaired) electrons. The van der Waals surface area contributed by atoms with Crippen LogP contribution >= 0.6 is 0 Å². The number of hydrogen-bond acceptors (Lipinski definition) is 4. The van der Waals surface area contributed by atoms with Gasteiger partial charge in [-0.3, -0.25) is 14.3 Å². The number of aryl methyl sites for hydroxylation is 1. The van der Waals surface area contributed by atoms with Gasteiger partial charge in [-0.25, -0.2) is 0 Å². The fraction of sp³-hybridized carbons (Fsp3) is 0.643. The second-order valence-corrected chi connectivity index (χ2v) is 5.06. The van der Waals surface area contributed by atoms with Gasteiger partial charge < -0.3 is 16.4 Å². The Kier molecular flexibility index (Phi) is 6.87. The van der Waals surface area contributed by atoms with Crippen molar-refractivity contribution >= 4 is 11.8 Å². The maximum atomic E-state index is 12.5. The first-order valence-corrected chi connectivity index (χ1v) is 7.31. The van der Waals surface area contributed by atoms with Gasteiger partial charge in [0, 0.05) is 18.8 Å². The quantitative estimate of drug-likeness (QED) is 0.681. The number of nitrogens with zero attached hydrogens (tertiary/aromatic N) is 3. The van der Waals surface area contributed by atoms with Crippen LogP contribution in [0.3, 0.4) is 0 Å². The summed E-state index contributed by atoms with van der Waals surface area (Å²) in [5, 5.41) is 4.21. The summed E-state index contributed by atoms with van der Waals surface area (Å²) in [6.45, 7) is 5.59. The highest BCUT2D eigenvalue weighted by molar-refractivity contribution is 5.97. The average Bonchev–Trinajstić information content (AvgIpc) is 2.81. The van der Waals surface area contributed by atoms with E-state index in [1.165, 1.54) is 4.90 Å². The molecule has 1 heterocycles. The van der Waals surface area contributed by atoms with Gasteiger partial charge in [-0.15, -0.1) is 0 Å². The zero-order chi connectivity index (χ0) is 15.8. The van der Waals surface area contributed by atoms with Gasteiger partial charge in [0.25, 0.3) is 5.91 Å². The molecule has 21 heavy (non-hydrogen) atoms. The number of unbranched alkanes of at least 4 members (excludes halogenated alkanes) is 1. The van der Waals surface area contributed by atoms with Crippen molar-refractivity contribution in [2.45, 2.75) is 39.7 Å². The van der Waals surface area contributed by atoms with Gasteiger partial charge in [-0.1, -0.05) is 13.3 Å². The minimum absolute atomic E-state index is 0.0632. The van der Waals surface area contributed by atoms with Crippen molar-refractivity contribution in [1.82, 2.24) is 14.7 Å². The van der Waals surface area contributed by atoms with Crippen molar-refractivity contribution in [1.29, 1.82) is 0 Å². The second kappa shape index (κ2) is 8.41. The summed E-state index contributed by atoms with van der Waals surface area (Å²) in [6.07, 6.45) is 4.13. The van der Waals surface area contributed by atoms with Gasteiger partial charge in [-0.05, 0) is 26.3 Å². The lowest BCUT2D eigenvalue weighted by Crippen LogP contribution is -2.39. The Balaban J connectivity index is 2.87. The molecule has 1 rings (SSSR count). The number of carbonyl (C=O) groups is 2. The van der Waals surface area contributed by atoms with E-state index in [4.69, 9.17) is 11.5 Å². The SMILES string of the molecule is CCCCN(CC(N)=O)C(=O)c1cnn(CCCN)c1C. The molecule has 7 nitrogen and oxygen atoms in total. The van der Waals surface area contributed by atoms with Crippen molar-refractivity contribution in [2.75, 3.05) is 19.6 Å².